The number of ether oxygens (including phenoxy) is 1. The van der Waals surface area contributed by atoms with Crippen molar-refractivity contribution in [2.45, 2.75) is 20.8 Å². The summed E-state index contributed by atoms with van der Waals surface area (Å²) in [6, 6.07) is 11.5. The van der Waals surface area contributed by atoms with Gasteiger partial charge in [-0.3, -0.25) is 14.4 Å². The van der Waals surface area contributed by atoms with Crippen LogP contribution in [-0.4, -0.2) is 30.3 Å². The van der Waals surface area contributed by atoms with E-state index in [2.05, 4.69) is 16.0 Å². The highest BCUT2D eigenvalue weighted by Gasteiger charge is 2.14. The summed E-state index contributed by atoms with van der Waals surface area (Å²) in [6.07, 6.45) is 0. The minimum absolute atomic E-state index is 0.0821. The van der Waals surface area contributed by atoms with Gasteiger partial charge in [0.05, 0.1) is 5.56 Å². The summed E-state index contributed by atoms with van der Waals surface area (Å²) in [6.45, 7) is 4.00. The van der Waals surface area contributed by atoms with Gasteiger partial charge in [0.1, 0.15) is 0 Å². The number of hydrogen-bond acceptors (Lipinski definition) is 5. The van der Waals surface area contributed by atoms with Crippen LogP contribution in [0.3, 0.4) is 0 Å². The van der Waals surface area contributed by atoms with Crippen LogP contribution in [-0.2, 0) is 19.1 Å². The maximum atomic E-state index is 12.3. The zero-order valence-corrected chi connectivity index (χ0v) is 15.8. The smallest absolute Gasteiger partial charge is 0.338 e. The number of anilines is 3. The standard InChI is InChI=1S/C20H21N3O5/c1-12-6-4-5-7-18(12)23-19(26)11-28-20(27)15-8-16(21-13(2)24)10-17(9-15)22-14(3)25/h4-10H,11H2,1-3H3,(H,21,24)(H,22,25)(H,23,26). The molecule has 2 aromatic carbocycles. The van der Waals surface area contributed by atoms with Crippen LogP contribution in [0.4, 0.5) is 17.1 Å². The number of amides is 3. The molecule has 8 heteroatoms. The van der Waals surface area contributed by atoms with Gasteiger partial charge in [-0.2, -0.15) is 0 Å². The number of carbonyl (C=O) groups is 4. The molecule has 0 saturated heterocycles. The van der Waals surface area contributed by atoms with Crippen molar-refractivity contribution in [2.75, 3.05) is 22.6 Å². The van der Waals surface area contributed by atoms with Gasteiger partial charge in [-0.25, -0.2) is 4.79 Å². The highest BCUT2D eigenvalue weighted by Crippen LogP contribution is 2.20. The third kappa shape index (κ3) is 6.24. The molecule has 0 aliphatic heterocycles. The molecule has 0 aliphatic rings. The fourth-order valence-corrected chi connectivity index (χ4v) is 2.41. The molecule has 0 radical (unpaired) electrons. The van der Waals surface area contributed by atoms with E-state index in [1.165, 1.54) is 32.0 Å². The zero-order chi connectivity index (χ0) is 20.7. The number of aryl methyl sites for hydroxylation is 1. The van der Waals surface area contributed by atoms with Crippen LogP contribution in [0.25, 0.3) is 0 Å². The summed E-state index contributed by atoms with van der Waals surface area (Å²) >= 11 is 0. The van der Waals surface area contributed by atoms with Crippen molar-refractivity contribution in [3.8, 4) is 0 Å². The van der Waals surface area contributed by atoms with Gasteiger partial charge in [0, 0.05) is 30.9 Å². The van der Waals surface area contributed by atoms with E-state index in [4.69, 9.17) is 4.74 Å². The second-order valence-corrected chi connectivity index (χ2v) is 6.10. The summed E-state index contributed by atoms with van der Waals surface area (Å²) in [7, 11) is 0. The molecule has 0 bridgehead atoms. The fourth-order valence-electron chi connectivity index (χ4n) is 2.41. The maximum absolute atomic E-state index is 12.3. The van der Waals surface area contributed by atoms with Crippen molar-refractivity contribution in [1.29, 1.82) is 0 Å². The zero-order valence-electron chi connectivity index (χ0n) is 15.8. The van der Waals surface area contributed by atoms with Crippen LogP contribution in [0, 0.1) is 6.92 Å². The van der Waals surface area contributed by atoms with Crippen LogP contribution in [0.2, 0.25) is 0 Å². The Hall–Kier alpha value is -3.68. The lowest BCUT2D eigenvalue weighted by Gasteiger charge is -2.11. The predicted molar refractivity (Wildman–Crippen MR) is 105 cm³/mol. The summed E-state index contributed by atoms with van der Waals surface area (Å²) in [5.74, 6) is -1.92. The van der Waals surface area contributed by atoms with Crippen LogP contribution in [0.15, 0.2) is 42.5 Å². The molecule has 146 valence electrons. The molecule has 28 heavy (non-hydrogen) atoms. The van der Waals surface area contributed by atoms with Gasteiger partial charge in [-0.05, 0) is 36.8 Å². The normalized spacial score (nSPS) is 9.96. The van der Waals surface area contributed by atoms with Gasteiger partial charge in [-0.1, -0.05) is 18.2 Å². The highest BCUT2D eigenvalue weighted by molar-refractivity contribution is 5.99. The minimum atomic E-state index is -0.765. The monoisotopic (exact) mass is 383 g/mol. The highest BCUT2D eigenvalue weighted by atomic mass is 16.5. The largest absolute Gasteiger partial charge is 0.452 e. The lowest BCUT2D eigenvalue weighted by molar-refractivity contribution is -0.119. The summed E-state index contributed by atoms with van der Waals surface area (Å²) in [4.78, 5) is 46.9. The third-order valence-electron chi connectivity index (χ3n) is 3.56. The number of hydrogen-bond donors (Lipinski definition) is 3. The van der Waals surface area contributed by atoms with Crippen molar-refractivity contribution in [2.24, 2.45) is 0 Å². The van der Waals surface area contributed by atoms with Crippen molar-refractivity contribution in [3.63, 3.8) is 0 Å². The Labute approximate surface area is 162 Å². The molecule has 2 aromatic rings. The summed E-state index contributed by atoms with van der Waals surface area (Å²) in [5, 5.41) is 7.74. The second-order valence-electron chi connectivity index (χ2n) is 6.10. The Balaban J connectivity index is 2.07. The van der Waals surface area contributed by atoms with E-state index < -0.39 is 18.5 Å². The second kappa shape index (κ2) is 9.31. The number of esters is 1. The molecular weight excluding hydrogens is 362 g/mol. The Morgan fingerprint density at radius 2 is 1.43 bits per heavy atom. The van der Waals surface area contributed by atoms with E-state index in [0.29, 0.717) is 17.1 Å². The minimum Gasteiger partial charge on any atom is -0.452 e. The maximum Gasteiger partial charge on any atom is 0.338 e. The van der Waals surface area contributed by atoms with Gasteiger partial charge in [-0.15, -0.1) is 0 Å². The fraction of sp³-hybridized carbons (Fsp3) is 0.200. The average molecular weight is 383 g/mol. The lowest BCUT2D eigenvalue weighted by atomic mass is 10.1. The molecule has 0 unspecified atom stereocenters. The van der Waals surface area contributed by atoms with Crippen LogP contribution < -0.4 is 16.0 Å². The SMILES string of the molecule is CC(=O)Nc1cc(NC(C)=O)cc(C(=O)OCC(=O)Nc2ccccc2C)c1. The number of para-hydroxylation sites is 1. The molecule has 0 atom stereocenters. The molecule has 0 aromatic heterocycles. The molecule has 3 N–H and O–H groups in total. The molecule has 0 aliphatic carbocycles. The number of carbonyl (C=O) groups excluding carboxylic acids is 4. The first-order valence-corrected chi connectivity index (χ1v) is 8.47. The van der Waals surface area contributed by atoms with Gasteiger partial charge in [0.15, 0.2) is 6.61 Å². The predicted octanol–water partition coefficient (Wildman–Crippen LogP) is 2.71. The van der Waals surface area contributed by atoms with Crippen molar-refractivity contribution < 1.29 is 23.9 Å². The van der Waals surface area contributed by atoms with E-state index in [1.54, 1.807) is 12.1 Å². The number of nitrogens with one attached hydrogen (secondary N) is 3. The van der Waals surface area contributed by atoms with E-state index in [9.17, 15) is 19.2 Å². The van der Waals surface area contributed by atoms with Crippen molar-refractivity contribution in [3.05, 3.63) is 53.6 Å². The lowest BCUT2D eigenvalue weighted by Crippen LogP contribution is -2.21. The summed E-state index contributed by atoms with van der Waals surface area (Å²) in [5.41, 5.74) is 2.22. The molecule has 0 heterocycles. The van der Waals surface area contributed by atoms with Gasteiger partial charge in [0.2, 0.25) is 11.8 Å². The first-order chi connectivity index (χ1) is 13.2. The molecule has 2 rings (SSSR count). The Kier molecular flexibility index (Phi) is 6.86. The molecule has 3 amide bonds. The molecule has 0 saturated carbocycles. The molecular formula is C20H21N3O5. The number of benzene rings is 2. The topological polar surface area (TPSA) is 114 Å². The van der Waals surface area contributed by atoms with E-state index in [1.807, 2.05) is 19.1 Å². The van der Waals surface area contributed by atoms with E-state index in [-0.39, 0.29) is 17.4 Å². The first-order valence-electron chi connectivity index (χ1n) is 8.47. The van der Waals surface area contributed by atoms with Crippen LogP contribution in [0.1, 0.15) is 29.8 Å². The van der Waals surface area contributed by atoms with Crippen molar-refractivity contribution in [1.82, 2.24) is 0 Å². The Morgan fingerprint density at radius 1 is 0.857 bits per heavy atom. The molecule has 0 fully saturated rings. The molecule has 8 nitrogen and oxygen atoms in total. The first kappa shape index (κ1) is 20.6. The van der Waals surface area contributed by atoms with E-state index in [0.717, 1.165) is 5.56 Å². The van der Waals surface area contributed by atoms with Gasteiger partial charge < -0.3 is 20.7 Å². The van der Waals surface area contributed by atoms with Gasteiger partial charge in [0.25, 0.3) is 5.91 Å². The Bertz CT molecular complexity index is 890. The van der Waals surface area contributed by atoms with Crippen LogP contribution in [0.5, 0.6) is 0 Å². The summed E-state index contributed by atoms with van der Waals surface area (Å²) < 4.78 is 5.05. The van der Waals surface area contributed by atoms with Gasteiger partial charge >= 0.3 is 5.97 Å². The number of rotatable bonds is 6. The Morgan fingerprint density at radius 3 is 1.96 bits per heavy atom. The van der Waals surface area contributed by atoms with Crippen LogP contribution >= 0.6 is 0 Å². The van der Waals surface area contributed by atoms with E-state index >= 15 is 0 Å². The third-order valence-corrected chi connectivity index (χ3v) is 3.56. The average Bonchev–Trinajstić information content (AvgIpc) is 2.60. The quantitative estimate of drug-likeness (QED) is 0.664. The molecule has 0 spiro atoms. The van der Waals surface area contributed by atoms with Crippen molar-refractivity contribution >= 4 is 40.8 Å².